The average Bonchev–Trinajstić information content (AvgIpc) is 3.29. The molecule has 29 heavy (non-hydrogen) atoms. The van der Waals surface area contributed by atoms with Crippen LogP contribution in [0.3, 0.4) is 0 Å². The first-order valence-electron chi connectivity index (χ1n) is 10.2. The van der Waals surface area contributed by atoms with E-state index in [0.717, 1.165) is 17.4 Å². The monoisotopic (exact) mass is 404 g/mol. The quantitative estimate of drug-likeness (QED) is 0.599. The SMILES string of the molecule is Cc1ccc(-n2cccc2[C@@H]2[C@H](c3ccccn3)NC(=S)N2CC(C)C)cc1C. The number of nitrogens with zero attached hydrogens (tertiary/aromatic N) is 3. The molecule has 1 aliphatic heterocycles. The van der Waals surface area contributed by atoms with Gasteiger partial charge in [0, 0.05) is 30.3 Å². The van der Waals surface area contributed by atoms with Gasteiger partial charge in [0.05, 0.1) is 17.8 Å². The summed E-state index contributed by atoms with van der Waals surface area (Å²) in [6.45, 7) is 9.68. The van der Waals surface area contributed by atoms with Crippen molar-refractivity contribution < 1.29 is 0 Å². The van der Waals surface area contributed by atoms with Crippen LogP contribution in [0.25, 0.3) is 5.69 Å². The summed E-state index contributed by atoms with van der Waals surface area (Å²) in [5.74, 6) is 0.504. The minimum Gasteiger partial charge on any atom is -0.352 e. The summed E-state index contributed by atoms with van der Waals surface area (Å²) < 4.78 is 2.29. The number of hydrogen-bond donors (Lipinski definition) is 1. The minimum absolute atomic E-state index is 0.0163. The molecule has 4 rings (SSSR count). The lowest BCUT2D eigenvalue weighted by atomic mass is 10.00. The maximum Gasteiger partial charge on any atom is 0.170 e. The molecule has 1 aliphatic rings. The fourth-order valence-corrected chi connectivity index (χ4v) is 4.38. The van der Waals surface area contributed by atoms with Crippen molar-refractivity contribution in [2.75, 3.05) is 6.54 Å². The smallest absolute Gasteiger partial charge is 0.170 e. The molecule has 0 saturated carbocycles. The Labute approximate surface area is 178 Å². The first kappa shape index (κ1) is 19.6. The van der Waals surface area contributed by atoms with E-state index in [2.05, 4.69) is 90.1 Å². The van der Waals surface area contributed by atoms with E-state index in [-0.39, 0.29) is 12.1 Å². The summed E-state index contributed by atoms with van der Waals surface area (Å²) in [5.41, 5.74) is 6.01. The van der Waals surface area contributed by atoms with Crippen molar-refractivity contribution >= 4 is 17.3 Å². The van der Waals surface area contributed by atoms with Crippen molar-refractivity contribution in [2.45, 2.75) is 39.8 Å². The Morgan fingerprint density at radius 1 is 1.07 bits per heavy atom. The lowest BCUT2D eigenvalue weighted by Crippen LogP contribution is -2.33. The Balaban J connectivity index is 1.82. The predicted molar refractivity (Wildman–Crippen MR) is 122 cm³/mol. The van der Waals surface area contributed by atoms with E-state index in [9.17, 15) is 0 Å². The number of hydrogen-bond acceptors (Lipinski definition) is 2. The second-order valence-electron chi connectivity index (χ2n) is 8.24. The third-order valence-corrected chi connectivity index (χ3v) is 5.96. The van der Waals surface area contributed by atoms with Gasteiger partial charge >= 0.3 is 0 Å². The summed E-state index contributed by atoms with van der Waals surface area (Å²) in [6, 6.07) is 17.1. The standard InChI is InChI=1S/C24H28N4S/c1-16(2)15-28-23(22(26-24(28)29)20-8-5-6-12-25-20)21-9-7-13-27(21)19-11-10-17(3)18(4)14-19/h5-14,16,22-23H,15H2,1-4H3,(H,26,29)/t22-,23+/m0/s1. The second kappa shape index (κ2) is 7.99. The van der Waals surface area contributed by atoms with Gasteiger partial charge in [-0.05, 0) is 79.5 Å². The Morgan fingerprint density at radius 3 is 2.59 bits per heavy atom. The molecule has 150 valence electrons. The molecule has 0 aliphatic carbocycles. The highest BCUT2D eigenvalue weighted by molar-refractivity contribution is 7.80. The molecule has 3 aromatic rings. The zero-order valence-corrected chi connectivity index (χ0v) is 18.3. The number of aryl methyl sites for hydroxylation is 2. The molecule has 1 saturated heterocycles. The molecule has 2 aromatic heterocycles. The van der Waals surface area contributed by atoms with Crippen molar-refractivity contribution in [1.29, 1.82) is 0 Å². The predicted octanol–water partition coefficient (Wildman–Crippen LogP) is 5.12. The number of benzene rings is 1. The van der Waals surface area contributed by atoms with E-state index in [1.54, 1.807) is 0 Å². The minimum atomic E-state index is 0.0163. The molecular formula is C24H28N4S. The van der Waals surface area contributed by atoms with E-state index in [0.29, 0.717) is 5.92 Å². The molecule has 0 unspecified atom stereocenters. The lowest BCUT2D eigenvalue weighted by molar-refractivity contribution is 0.280. The highest BCUT2D eigenvalue weighted by atomic mass is 32.1. The Bertz CT molecular complexity index is 1010. The van der Waals surface area contributed by atoms with Crippen LogP contribution >= 0.6 is 12.2 Å². The largest absolute Gasteiger partial charge is 0.352 e. The molecule has 1 fully saturated rings. The highest BCUT2D eigenvalue weighted by Gasteiger charge is 2.41. The summed E-state index contributed by atoms with van der Waals surface area (Å²) in [5, 5.41) is 4.34. The fourth-order valence-electron chi connectivity index (χ4n) is 4.06. The van der Waals surface area contributed by atoms with Gasteiger partial charge in [-0.15, -0.1) is 0 Å². The van der Waals surface area contributed by atoms with E-state index in [1.807, 2.05) is 18.3 Å². The highest BCUT2D eigenvalue weighted by Crippen LogP contribution is 2.40. The van der Waals surface area contributed by atoms with Crippen LogP contribution in [0.2, 0.25) is 0 Å². The molecule has 2 atom stereocenters. The maximum atomic E-state index is 5.76. The number of pyridine rings is 1. The Hall–Kier alpha value is -2.66. The van der Waals surface area contributed by atoms with Gasteiger partial charge in [-0.2, -0.15) is 0 Å². The molecular weight excluding hydrogens is 376 g/mol. The zero-order chi connectivity index (χ0) is 20.5. The topological polar surface area (TPSA) is 33.1 Å². The Morgan fingerprint density at radius 2 is 1.90 bits per heavy atom. The molecule has 0 spiro atoms. The molecule has 0 amide bonds. The van der Waals surface area contributed by atoms with Crippen LogP contribution in [0.1, 0.15) is 48.4 Å². The molecule has 3 heterocycles. The lowest BCUT2D eigenvalue weighted by Gasteiger charge is -2.30. The van der Waals surface area contributed by atoms with Gasteiger partial charge in [-0.3, -0.25) is 4.98 Å². The number of rotatable bonds is 5. The fraction of sp³-hybridized carbons (Fsp3) is 0.333. The van der Waals surface area contributed by atoms with Crippen LogP contribution < -0.4 is 5.32 Å². The number of nitrogens with one attached hydrogen (secondary N) is 1. The maximum absolute atomic E-state index is 5.76. The molecule has 0 bridgehead atoms. The third-order valence-electron chi connectivity index (χ3n) is 5.61. The van der Waals surface area contributed by atoms with E-state index in [4.69, 9.17) is 12.2 Å². The van der Waals surface area contributed by atoms with Gasteiger partial charge in [0.25, 0.3) is 0 Å². The summed E-state index contributed by atoms with van der Waals surface area (Å²) in [6.07, 6.45) is 3.99. The van der Waals surface area contributed by atoms with E-state index >= 15 is 0 Å². The second-order valence-corrected chi connectivity index (χ2v) is 8.63. The molecule has 4 nitrogen and oxygen atoms in total. The molecule has 5 heteroatoms. The normalized spacial score (nSPS) is 19.1. The molecule has 0 radical (unpaired) electrons. The van der Waals surface area contributed by atoms with Gasteiger partial charge in [0.2, 0.25) is 0 Å². The first-order valence-corrected chi connectivity index (χ1v) is 10.6. The molecule has 1 N–H and O–H groups in total. The van der Waals surface area contributed by atoms with Gasteiger partial charge in [-0.1, -0.05) is 26.0 Å². The summed E-state index contributed by atoms with van der Waals surface area (Å²) in [7, 11) is 0. The van der Waals surface area contributed by atoms with Gasteiger partial charge < -0.3 is 14.8 Å². The van der Waals surface area contributed by atoms with E-state index in [1.165, 1.54) is 22.5 Å². The van der Waals surface area contributed by atoms with Crippen molar-refractivity contribution in [3.05, 3.63) is 83.4 Å². The van der Waals surface area contributed by atoms with Crippen molar-refractivity contribution in [1.82, 2.24) is 19.8 Å². The molecule has 1 aromatic carbocycles. The third kappa shape index (κ3) is 3.79. The van der Waals surface area contributed by atoms with Crippen molar-refractivity contribution in [3.63, 3.8) is 0 Å². The van der Waals surface area contributed by atoms with Crippen LogP contribution in [0.15, 0.2) is 60.9 Å². The van der Waals surface area contributed by atoms with Crippen molar-refractivity contribution in [3.8, 4) is 5.69 Å². The van der Waals surface area contributed by atoms with Gasteiger partial charge in [0.1, 0.15) is 0 Å². The summed E-state index contributed by atoms with van der Waals surface area (Å²) >= 11 is 5.76. The number of thiocarbonyl (C=S) groups is 1. The van der Waals surface area contributed by atoms with Crippen LogP contribution in [-0.2, 0) is 0 Å². The average molecular weight is 405 g/mol. The first-order chi connectivity index (χ1) is 14.0. The van der Waals surface area contributed by atoms with Gasteiger partial charge in [-0.25, -0.2) is 0 Å². The van der Waals surface area contributed by atoms with E-state index < -0.39 is 0 Å². The van der Waals surface area contributed by atoms with Crippen LogP contribution in [-0.4, -0.2) is 26.1 Å². The summed E-state index contributed by atoms with van der Waals surface area (Å²) in [4.78, 5) is 6.96. The zero-order valence-electron chi connectivity index (χ0n) is 17.5. The Kier molecular flexibility index (Phi) is 5.41. The van der Waals surface area contributed by atoms with Crippen molar-refractivity contribution in [2.24, 2.45) is 5.92 Å². The number of aromatic nitrogens is 2. The van der Waals surface area contributed by atoms with Crippen LogP contribution in [0.5, 0.6) is 0 Å². The van der Waals surface area contributed by atoms with Crippen LogP contribution in [0.4, 0.5) is 0 Å². The van der Waals surface area contributed by atoms with Crippen LogP contribution in [0, 0.1) is 19.8 Å². The van der Waals surface area contributed by atoms with Gasteiger partial charge in [0.15, 0.2) is 5.11 Å².